The number of likely N-dealkylation sites (tertiary alicyclic amines) is 1. The Morgan fingerprint density at radius 2 is 2.30 bits per heavy atom. The molecule has 112 valence electrons. The molecule has 0 aliphatic carbocycles. The lowest BCUT2D eigenvalue weighted by Crippen LogP contribution is -2.30. The zero-order chi connectivity index (χ0) is 14.9. The molecule has 1 saturated heterocycles. The van der Waals surface area contributed by atoms with Crippen molar-refractivity contribution in [1.82, 2.24) is 9.62 Å². The monoisotopic (exact) mass is 302 g/mol. The molecule has 7 nitrogen and oxygen atoms in total. The molecule has 0 bridgehead atoms. The molecular formula is C12H18N2O5S. The molecule has 0 amide bonds. The Balaban J connectivity index is 2.08. The van der Waals surface area contributed by atoms with Gasteiger partial charge in [-0.1, -0.05) is 0 Å². The highest BCUT2D eigenvalue weighted by atomic mass is 32.2. The lowest BCUT2D eigenvalue weighted by molar-refractivity contribution is 0.0661. The van der Waals surface area contributed by atoms with Gasteiger partial charge in [0.25, 0.3) is 0 Å². The Hall–Kier alpha value is -1.38. The number of rotatable bonds is 5. The molecule has 1 aromatic rings. The molecule has 1 aliphatic heterocycles. The fourth-order valence-electron chi connectivity index (χ4n) is 2.34. The molecular weight excluding hydrogens is 284 g/mol. The van der Waals surface area contributed by atoms with E-state index in [1.807, 2.05) is 7.05 Å². The van der Waals surface area contributed by atoms with Gasteiger partial charge in [0.15, 0.2) is 0 Å². The second kappa shape index (κ2) is 5.55. The van der Waals surface area contributed by atoms with Gasteiger partial charge in [0.05, 0.1) is 0 Å². The fraction of sp³-hybridized carbons (Fsp3) is 0.583. The minimum absolute atomic E-state index is 0.0819. The average molecular weight is 302 g/mol. The number of hydrogen-bond donors (Lipinski definition) is 2. The van der Waals surface area contributed by atoms with Gasteiger partial charge in [-0.25, -0.2) is 17.9 Å². The molecule has 1 fully saturated rings. The molecule has 1 aliphatic rings. The highest BCUT2D eigenvalue weighted by Gasteiger charge is 2.26. The summed E-state index contributed by atoms with van der Waals surface area (Å²) in [5, 5.41) is 8.81. The number of carbonyl (C=O) groups is 1. The SMILES string of the molecule is Cc1oc(C(=O)O)cc1S(=O)(=O)NCC1CCN(C)C1. The number of hydrogen-bond acceptors (Lipinski definition) is 5. The fourth-order valence-corrected chi connectivity index (χ4v) is 3.63. The van der Waals surface area contributed by atoms with Gasteiger partial charge < -0.3 is 14.4 Å². The molecule has 20 heavy (non-hydrogen) atoms. The summed E-state index contributed by atoms with van der Waals surface area (Å²) in [6.45, 7) is 3.59. The second-order valence-corrected chi connectivity index (χ2v) is 6.84. The molecule has 1 aromatic heterocycles. The Morgan fingerprint density at radius 3 is 2.80 bits per heavy atom. The summed E-state index contributed by atoms with van der Waals surface area (Å²) in [7, 11) is -1.74. The van der Waals surface area contributed by atoms with Gasteiger partial charge in [0.2, 0.25) is 15.8 Å². The summed E-state index contributed by atoms with van der Waals surface area (Å²) in [6, 6.07) is 1.04. The van der Waals surface area contributed by atoms with Crippen molar-refractivity contribution in [3.63, 3.8) is 0 Å². The van der Waals surface area contributed by atoms with Crippen molar-refractivity contribution in [3.8, 4) is 0 Å². The normalized spacial score (nSPS) is 20.4. The number of nitrogens with one attached hydrogen (secondary N) is 1. The number of carboxylic acids is 1. The van der Waals surface area contributed by atoms with Crippen LogP contribution in [-0.4, -0.2) is 51.1 Å². The number of aryl methyl sites for hydroxylation is 1. The van der Waals surface area contributed by atoms with Crippen LogP contribution < -0.4 is 4.72 Å². The van der Waals surface area contributed by atoms with Gasteiger partial charge >= 0.3 is 5.97 Å². The van der Waals surface area contributed by atoms with Gasteiger partial charge in [-0.2, -0.15) is 0 Å². The quantitative estimate of drug-likeness (QED) is 0.822. The maximum Gasteiger partial charge on any atom is 0.371 e. The molecule has 0 spiro atoms. The number of nitrogens with zero attached hydrogens (tertiary/aromatic N) is 1. The number of sulfonamides is 1. The van der Waals surface area contributed by atoms with Crippen molar-refractivity contribution in [2.75, 3.05) is 26.7 Å². The highest BCUT2D eigenvalue weighted by molar-refractivity contribution is 7.89. The molecule has 2 N–H and O–H groups in total. The van der Waals surface area contributed by atoms with Gasteiger partial charge in [-0.15, -0.1) is 0 Å². The minimum Gasteiger partial charge on any atom is -0.475 e. The first-order valence-corrected chi connectivity index (χ1v) is 7.80. The first-order valence-electron chi connectivity index (χ1n) is 6.31. The highest BCUT2D eigenvalue weighted by Crippen LogP contribution is 2.21. The summed E-state index contributed by atoms with van der Waals surface area (Å²) in [4.78, 5) is 12.8. The van der Waals surface area contributed by atoms with Crippen molar-refractivity contribution in [3.05, 3.63) is 17.6 Å². The Bertz CT molecular complexity index is 607. The smallest absolute Gasteiger partial charge is 0.371 e. The van der Waals surface area contributed by atoms with E-state index in [1.54, 1.807) is 0 Å². The van der Waals surface area contributed by atoms with Crippen LogP contribution in [0.3, 0.4) is 0 Å². The Kier molecular flexibility index (Phi) is 4.17. The zero-order valence-electron chi connectivity index (χ0n) is 11.4. The van der Waals surface area contributed by atoms with Gasteiger partial charge in [0.1, 0.15) is 10.7 Å². The topological polar surface area (TPSA) is 99.8 Å². The maximum atomic E-state index is 12.1. The van der Waals surface area contributed by atoms with E-state index >= 15 is 0 Å². The van der Waals surface area contributed by atoms with E-state index in [9.17, 15) is 13.2 Å². The summed E-state index contributed by atoms with van der Waals surface area (Å²) in [5.74, 6) is -1.30. The van der Waals surface area contributed by atoms with Crippen LogP contribution >= 0.6 is 0 Å². The van der Waals surface area contributed by atoms with E-state index in [0.717, 1.165) is 25.6 Å². The van der Waals surface area contributed by atoms with Crippen molar-refractivity contribution in [1.29, 1.82) is 0 Å². The summed E-state index contributed by atoms with van der Waals surface area (Å²) < 4.78 is 31.7. The summed E-state index contributed by atoms with van der Waals surface area (Å²) >= 11 is 0. The number of furan rings is 1. The van der Waals surface area contributed by atoms with Crippen LogP contribution in [0.1, 0.15) is 22.7 Å². The summed E-state index contributed by atoms with van der Waals surface area (Å²) in [6.07, 6.45) is 0.948. The van der Waals surface area contributed by atoms with E-state index < -0.39 is 16.0 Å². The molecule has 0 saturated carbocycles. The molecule has 8 heteroatoms. The van der Waals surface area contributed by atoms with Crippen LogP contribution in [0.25, 0.3) is 0 Å². The number of carboxylic acid groups (broad SMARTS) is 1. The molecule has 1 atom stereocenters. The molecule has 0 aromatic carbocycles. The van der Waals surface area contributed by atoms with E-state index in [0.29, 0.717) is 6.54 Å². The zero-order valence-corrected chi connectivity index (χ0v) is 12.2. The third-order valence-corrected chi connectivity index (χ3v) is 4.95. The van der Waals surface area contributed by atoms with Crippen molar-refractivity contribution in [2.24, 2.45) is 5.92 Å². The summed E-state index contributed by atoms with van der Waals surface area (Å²) in [5.41, 5.74) is 0. The predicted molar refractivity (Wildman–Crippen MR) is 71.2 cm³/mol. The molecule has 0 radical (unpaired) electrons. The second-order valence-electron chi connectivity index (χ2n) is 5.11. The lowest BCUT2D eigenvalue weighted by Gasteiger charge is -2.11. The van der Waals surface area contributed by atoms with Crippen LogP contribution in [0.2, 0.25) is 0 Å². The third kappa shape index (κ3) is 3.20. The molecule has 2 rings (SSSR count). The van der Waals surface area contributed by atoms with Crippen LogP contribution in [0, 0.1) is 12.8 Å². The van der Waals surface area contributed by atoms with Crippen molar-refractivity contribution in [2.45, 2.75) is 18.2 Å². The van der Waals surface area contributed by atoms with Crippen molar-refractivity contribution >= 4 is 16.0 Å². The van der Waals surface area contributed by atoms with E-state index in [4.69, 9.17) is 9.52 Å². The minimum atomic E-state index is -3.73. The van der Waals surface area contributed by atoms with Gasteiger partial charge in [0, 0.05) is 19.2 Å². The van der Waals surface area contributed by atoms with Crippen LogP contribution in [0.4, 0.5) is 0 Å². The van der Waals surface area contributed by atoms with Crippen molar-refractivity contribution < 1.29 is 22.7 Å². The lowest BCUT2D eigenvalue weighted by atomic mass is 10.1. The molecule has 1 unspecified atom stereocenters. The van der Waals surface area contributed by atoms with Crippen LogP contribution in [0.15, 0.2) is 15.4 Å². The first kappa shape index (κ1) is 15.0. The van der Waals surface area contributed by atoms with Gasteiger partial charge in [-0.05, 0) is 32.9 Å². The predicted octanol–water partition coefficient (Wildman–Crippen LogP) is 0.516. The van der Waals surface area contributed by atoms with E-state index in [1.165, 1.54) is 6.92 Å². The maximum absolute atomic E-state index is 12.1. The average Bonchev–Trinajstić information content (AvgIpc) is 2.93. The standard InChI is InChI=1S/C12H18N2O5S/c1-8-11(5-10(19-8)12(15)16)20(17,18)13-6-9-3-4-14(2)7-9/h5,9,13H,3-4,6-7H2,1-2H3,(H,15,16). The van der Waals surface area contributed by atoms with E-state index in [-0.39, 0.29) is 22.3 Å². The molecule has 2 heterocycles. The van der Waals surface area contributed by atoms with Gasteiger partial charge in [-0.3, -0.25) is 0 Å². The van der Waals surface area contributed by atoms with Crippen LogP contribution in [-0.2, 0) is 10.0 Å². The largest absolute Gasteiger partial charge is 0.475 e. The Labute approximate surface area is 117 Å². The van der Waals surface area contributed by atoms with E-state index in [2.05, 4.69) is 9.62 Å². The number of aromatic carboxylic acids is 1. The third-order valence-electron chi connectivity index (χ3n) is 3.42. The Morgan fingerprint density at radius 1 is 1.60 bits per heavy atom. The first-order chi connectivity index (χ1) is 9.29. The van der Waals surface area contributed by atoms with Crippen LogP contribution in [0.5, 0.6) is 0 Å².